The lowest BCUT2D eigenvalue weighted by molar-refractivity contribution is -0.141. The maximum absolute atomic E-state index is 12.7. The van der Waals surface area contributed by atoms with Crippen LogP contribution in [0, 0.1) is 0 Å². The molecule has 1 unspecified atom stereocenters. The van der Waals surface area contributed by atoms with Gasteiger partial charge in [-0.15, -0.1) is 0 Å². The van der Waals surface area contributed by atoms with E-state index in [-0.39, 0.29) is 35.8 Å². The second-order valence-corrected chi connectivity index (χ2v) is 7.49. The summed E-state index contributed by atoms with van der Waals surface area (Å²) in [6, 6.07) is 4.08. The van der Waals surface area contributed by atoms with Crippen molar-refractivity contribution in [2.45, 2.75) is 17.4 Å². The fourth-order valence-corrected chi connectivity index (χ4v) is 3.12. The minimum absolute atomic E-state index is 0.0157. The molecule has 1 atom stereocenters. The Hall–Kier alpha value is -2.13. The van der Waals surface area contributed by atoms with Gasteiger partial charge >= 0.3 is 5.97 Å². The molecule has 1 amide bonds. The topological polar surface area (TPSA) is 110 Å². The molecule has 24 heavy (non-hydrogen) atoms. The molecule has 0 bridgehead atoms. The predicted molar refractivity (Wildman–Crippen MR) is 84.0 cm³/mol. The molecule has 1 aromatic rings. The number of methoxy groups -OCH3 is 1. The number of hydrogen-bond donors (Lipinski definition) is 1. The van der Waals surface area contributed by atoms with Crippen LogP contribution < -0.4 is 4.74 Å². The SMILES string of the molecule is COc1ccc(S(C)(=O)=O)cc1C(=O)N1CCOC(CC(=O)O)C1. The molecule has 0 aromatic heterocycles. The smallest absolute Gasteiger partial charge is 0.306 e. The van der Waals surface area contributed by atoms with Gasteiger partial charge in [-0.2, -0.15) is 0 Å². The largest absolute Gasteiger partial charge is 0.496 e. The molecule has 0 radical (unpaired) electrons. The standard InChI is InChI=1S/C15H19NO7S/c1-22-13-4-3-11(24(2,20)21)8-12(13)15(19)16-5-6-23-10(9-16)7-14(17)18/h3-4,8,10H,5-7,9H2,1-2H3,(H,17,18). The minimum Gasteiger partial charge on any atom is -0.496 e. The van der Waals surface area contributed by atoms with E-state index in [9.17, 15) is 18.0 Å². The van der Waals surface area contributed by atoms with E-state index in [1.165, 1.54) is 30.2 Å². The monoisotopic (exact) mass is 357 g/mol. The number of morpholine rings is 1. The zero-order valence-electron chi connectivity index (χ0n) is 13.4. The molecule has 0 spiro atoms. The third kappa shape index (κ3) is 4.24. The average molecular weight is 357 g/mol. The summed E-state index contributed by atoms with van der Waals surface area (Å²) in [6.45, 7) is 0.635. The van der Waals surface area contributed by atoms with Gasteiger partial charge in [0, 0.05) is 19.3 Å². The second-order valence-electron chi connectivity index (χ2n) is 5.48. The number of benzene rings is 1. The quantitative estimate of drug-likeness (QED) is 0.813. The minimum atomic E-state index is -3.47. The molecular formula is C15H19NO7S. The lowest BCUT2D eigenvalue weighted by atomic mass is 10.1. The van der Waals surface area contributed by atoms with Gasteiger partial charge < -0.3 is 19.5 Å². The number of rotatable bonds is 5. The molecule has 1 aliphatic rings. The zero-order valence-corrected chi connectivity index (χ0v) is 14.2. The molecule has 0 aliphatic carbocycles. The van der Waals surface area contributed by atoms with Crippen LogP contribution in [0.4, 0.5) is 0 Å². The second kappa shape index (κ2) is 7.18. The van der Waals surface area contributed by atoms with Crippen molar-refractivity contribution in [2.75, 3.05) is 33.1 Å². The summed E-state index contributed by atoms with van der Waals surface area (Å²) in [4.78, 5) is 25.0. The Kier molecular flexibility index (Phi) is 5.45. The summed E-state index contributed by atoms with van der Waals surface area (Å²) < 4.78 is 33.9. The lowest BCUT2D eigenvalue weighted by Gasteiger charge is -2.32. The van der Waals surface area contributed by atoms with Crippen LogP contribution in [0.15, 0.2) is 23.1 Å². The van der Waals surface area contributed by atoms with Crippen molar-refractivity contribution in [3.63, 3.8) is 0 Å². The first-order chi connectivity index (χ1) is 11.2. The van der Waals surface area contributed by atoms with Gasteiger partial charge in [-0.25, -0.2) is 8.42 Å². The number of amides is 1. The number of carboxylic acid groups (broad SMARTS) is 1. The van der Waals surface area contributed by atoms with E-state index in [0.717, 1.165) is 6.26 Å². The van der Waals surface area contributed by atoms with Crippen LogP contribution in [0.3, 0.4) is 0 Å². The fraction of sp³-hybridized carbons (Fsp3) is 0.467. The van der Waals surface area contributed by atoms with E-state index in [4.69, 9.17) is 14.6 Å². The molecule has 8 nitrogen and oxygen atoms in total. The third-order valence-electron chi connectivity index (χ3n) is 3.66. The normalized spacial score (nSPS) is 18.2. The van der Waals surface area contributed by atoms with Crippen LogP contribution in [-0.2, 0) is 19.4 Å². The van der Waals surface area contributed by atoms with Gasteiger partial charge in [0.05, 0.1) is 36.7 Å². The van der Waals surface area contributed by atoms with Crippen LogP contribution in [0.1, 0.15) is 16.8 Å². The predicted octanol–water partition coefficient (Wildman–Crippen LogP) is 0.414. The van der Waals surface area contributed by atoms with Gasteiger partial charge in [0.15, 0.2) is 9.84 Å². The number of carbonyl (C=O) groups is 2. The lowest BCUT2D eigenvalue weighted by Crippen LogP contribution is -2.46. The summed E-state index contributed by atoms with van der Waals surface area (Å²) in [7, 11) is -2.08. The fourth-order valence-electron chi connectivity index (χ4n) is 2.48. The van der Waals surface area contributed by atoms with Crippen LogP contribution in [0.5, 0.6) is 5.75 Å². The average Bonchev–Trinajstić information content (AvgIpc) is 2.52. The van der Waals surface area contributed by atoms with Crippen molar-refractivity contribution < 1.29 is 32.6 Å². The Balaban J connectivity index is 2.29. The first-order valence-electron chi connectivity index (χ1n) is 7.23. The van der Waals surface area contributed by atoms with Gasteiger partial charge in [-0.1, -0.05) is 0 Å². The van der Waals surface area contributed by atoms with Crippen molar-refractivity contribution in [1.82, 2.24) is 4.90 Å². The molecule has 2 rings (SSSR count). The van der Waals surface area contributed by atoms with E-state index < -0.39 is 27.8 Å². The maximum Gasteiger partial charge on any atom is 0.306 e. The third-order valence-corrected chi connectivity index (χ3v) is 4.77. The van der Waals surface area contributed by atoms with Gasteiger partial charge in [0.2, 0.25) is 0 Å². The van der Waals surface area contributed by atoms with Crippen LogP contribution in [0.2, 0.25) is 0 Å². The zero-order chi connectivity index (χ0) is 17.9. The number of carboxylic acids is 1. The first-order valence-corrected chi connectivity index (χ1v) is 9.12. The molecule has 1 aliphatic heterocycles. The van der Waals surface area contributed by atoms with Gasteiger partial charge in [0.1, 0.15) is 5.75 Å². The van der Waals surface area contributed by atoms with E-state index in [1.54, 1.807) is 0 Å². The van der Waals surface area contributed by atoms with E-state index >= 15 is 0 Å². The molecule has 1 aromatic carbocycles. The molecule has 1 fully saturated rings. The van der Waals surface area contributed by atoms with E-state index in [2.05, 4.69) is 0 Å². The van der Waals surface area contributed by atoms with Crippen LogP contribution in [-0.4, -0.2) is 69.5 Å². The number of nitrogens with zero attached hydrogens (tertiary/aromatic N) is 1. The molecule has 0 saturated carbocycles. The van der Waals surface area contributed by atoms with E-state index in [0.29, 0.717) is 6.54 Å². The Morgan fingerprint density at radius 2 is 2.12 bits per heavy atom. The summed E-state index contributed by atoms with van der Waals surface area (Å²) in [5.41, 5.74) is 0.122. The molecule has 9 heteroatoms. The number of aliphatic carboxylic acids is 1. The summed E-state index contributed by atoms with van der Waals surface area (Å²) in [6.07, 6.45) is 0.259. The van der Waals surface area contributed by atoms with Gasteiger partial charge in [-0.05, 0) is 18.2 Å². The Morgan fingerprint density at radius 3 is 2.71 bits per heavy atom. The van der Waals surface area contributed by atoms with Crippen molar-refractivity contribution in [1.29, 1.82) is 0 Å². The number of sulfone groups is 1. The van der Waals surface area contributed by atoms with Crippen molar-refractivity contribution in [2.24, 2.45) is 0 Å². The Bertz CT molecular complexity index is 744. The van der Waals surface area contributed by atoms with Crippen molar-refractivity contribution in [3.8, 4) is 5.75 Å². The summed E-state index contributed by atoms with van der Waals surface area (Å²) >= 11 is 0. The van der Waals surface area contributed by atoms with Crippen LogP contribution >= 0.6 is 0 Å². The van der Waals surface area contributed by atoms with Crippen molar-refractivity contribution >= 4 is 21.7 Å². The number of ether oxygens (including phenoxy) is 2. The molecule has 1 saturated heterocycles. The van der Waals surface area contributed by atoms with Crippen molar-refractivity contribution in [3.05, 3.63) is 23.8 Å². The van der Waals surface area contributed by atoms with Gasteiger partial charge in [0.25, 0.3) is 5.91 Å². The highest BCUT2D eigenvalue weighted by atomic mass is 32.2. The summed E-state index contributed by atoms with van der Waals surface area (Å²) in [5.74, 6) is -1.17. The summed E-state index contributed by atoms with van der Waals surface area (Å²) in [5, 5.41) is 8.85. The molecule has 1 heterocycles. The number of hydrogen-bond acceptors (Lipinski definition) is 6. The Morgan fingerprint density at radius 1 is 1.42 bits per heavy atom. The maximum atomic E-state index is 12.7. The first kappa shape index (κ1) is 18.2. The highest BCUT2D eigenvalue weighted by Gasteiger charge is 2.28. The van der Waals surface area contributed by atoms with E-state index in [1.807, 2.05) is 0 Å². The highest BCUT2D eigenvalue weighted by Crippen LogP contribution is 2.25. The number of carbonyl (C=O) groups excluding carboxylic acids is 1. The van der Waals surface area contributed by atoms with Crippen LogP contribution in [0.25, 0.3) is 0 Å². The highest BCUT2D eigenvalue weighted by molar-refractivity contribution is 7.90. The molecular weight excluding hydrogens is 338 g/mol. The molecule has 132 valence electrons. The Labute approximate surface area is 139 Å². The van der Waals surface area contributed by atoms with Gasteiger partial charge in [-0.3, -0.25) is 9.59 Å². The molecule has 1 N–H and O–H groups in total.